The van der Waals surface area contributed by atoms with Crippen LogP contribution in [0.4, 0.5) is 0 Å². The Morgan fingerprint density at radius 3 is 2.85 bits per heavy atom. The Kier molecular flexibility index (Phi) is 6.68. The van der Waals surface area contributed by atoms with Crippen LogP contribution in [0.1, 0.15) is 43.0 Å². The lowest BCUT2D eigenvalue weighted by Crippen LogP contribution is -2.51. The molecule has 7 heteroatoms. The van der Waals surface area contributed by atoms with E-state index >= 15 is 0 Å². The summed E-state index contributed by atoms with van der Waals surface area (Å²) in [5, 5.41) is 3.09. The second-order valence-electron chi connectivity index (χ2n) is 7.04. The van der Waals surface area contributed by atoms with E-state index in [0.29, 0.717) is 44.9 Å². The van der Waals surface area contributed by atoms with E-state index < -0.39 is 0 Å². The van der Waals surface area contributed by atoms with E-state index in [0.717, 1.165) is 19.3 Å². The third-order valence-electron chi connectivity index (χ3n) is 5.18. The molecule has 2 N–H and O–H groups in total. The summed E-state index contributed by atoms with van der Waals surface area (Å²) in [4.78, 5) is 30.0. The van der Waals surface area contributed by atoms with E-state index in [9.17, 15) is 9.59 Å². The predicted molar refractivity (Wildman–Crippen MR) is 96.8 cm³/mol. The number of ether oxygens (including phenoxy) is 2. The molecular formula is C19H29N3O4. The first-order valence-corrected chi connectivity index (χ1v) is 9.60. The third kappa shape index (κ3) is 4.65. The fourth-order valence-corrected chi connectivity index (χ4v) is 3.73. The standard InChI is InChI=1S/C19H29N3O4/c1-2-9-26-17-12-14(19(24)22-7-10-25-11-8-22)3-4-16(17)21-18(23)15-5-6-20-13-15/h5-6,13-14,16-17,20H,2-4,7-12H2,1H3,(H,21,23)/t14-,16-,17-/m0/s1. The molecule has 1 aliphatic carbocycles. The van der Waals surface area contributed by atoms with Crippen LogP contribution in [0.5, 0.6) is 0 Å². The first-order valence-electron chi connectivity index (χ1n) is 9.60. The van der Waals surface area contributed by atoms with Crippen LogP contribution in [0, 0.1) is 5.92 Å². The molecule has 0 unspecified atom stereocenters. The summed E-state index contributed by atoms with van der Waals surface area (Å²) >= 11 is 0. The van der Waals surface area contributed by atoms with Gasteiger partial charge in [-0.05, 0) is 31.7 Å². The predicted octanol–water partition coefficient (Wildman–Crippen LogP) is 1.57. The Balaban J connectivity index is 1.60. The van der Waals surface area contributed by atoms with E-state index in [-0.39, 0.29) is 29.9 Å². The molecule has 0 radical (unpaired) electrons. The Morgan fingerprint density at radius 2 is 2.15 bits per heavy atom. The Hall–Kier alpha value is -1.86. The first kappa shape index (κ1) is 18.9. The van der Waals surface area contributed by atoms with Crippen molar-refractivity contribution in [2.75, 3.05) is 32.9 Å². The molecule has 0 spiro atoms. The molecule has 144 valence electrons. The number of carbonyl (C=O) groups excluding carboxylic acids is 2. The first-order chi connectivity index (χ1) is 12.7. The van der Waals surface area contributed by atoms with Crippen LogP contribution in [0.2, 0.25) is 0 Å². The maximum absolute atomic E-state index is 12.8. The second kappa shape index (κ2) is 9.19. The highest BCUT2D eigenvalue weighted by molar-refractivity contribution is 5.94. The molecule has 0 bridgehead atoms. The zero-order valence-electron chi connectivity index (χ0n) is 15.4. The number of carbonyl (C=O) groups is 2. The number of morpholine rings is 1. The van der Waals surface area contributed by atoms with E-state index in [1.165, 1.54) is 0 Å². The molecule has 3 rings (SSSR count). The summed E-state index contributed by atoms with van der Waals surface area (Å²) in [7, 11) is 0. The molecule has 2 heterocycles. The highest BCUT2D eigenvalue weighted by Crippen LogP contribution is 2.29. The van der Waals surface area contributed by atoms with Crippen LogP contribution in [0.25, 0.3) is 0 Å². The third-order valence-corrected chi connectivity index (χ3v) is 5.18. The Bertz CT molecular complexity index is 584. The minimum atomic E-state index is -0.124. The molecule has 7 nitrogen and oxygen atoms in total. The van der Waals surface area contributed by atoms with Gasteiger partial charge in [-0.1, -0.05) is 6.92 Å². The van der Waals surface area contributed by atoms with E-state index in [4.69, 9.17) is 9.47 Å². The number of nitrogens with zero attached hydrogens (tertiary/aromatic N) is 1. The zero-order valence-corrected chi connectivity index (χ0v) is 15.4. The van der Waals surface area contributed by atoms with Crippen LogP contribution in [-0.4, -0.2) is 66.8 Å². The van der Waals surface area contributed by atoms with Crippen molar-refractivity contribution in [2.45, 2.75) is 44.8 Å². The molecule has 1 aliphatic heterocycles. The molecule has 2 fully saturated rings. The van der Waals surface area contributed by atoms with Gasteiger partial charge in [-0.3, -0.25) is 9.59 Å². The highest BCUT2D eigenvalue weighted by atomic mass is 16.5. The van der Waals surface area contributed by atoms with Crippen LogP contribution >= 0.6 is 0 Å². The van der Waals surface area contributed by atoms with Crippen molar-refractivity contribution in [2.24, 2.45) is 5.92 Å². The Labute approximate surface area is 154 Å². The van der Waals surface area contributed by atoms with Gasteiger partial charge in [0, 0.05) is 38.0 Å². The molecule has 1 aromatic rings. The highest BCUT2D eigenvalue weighted by Gasteiger charge is 2.37. The van der Waals surface area contributed by atoms with Crippen molar-refractivity contribution in [3.05, 3.63) is 24.0 Å². The topological polar surface area (TPSA) is 83.7 Å². The van der Waals surface area contributed by atoms with Gasteiger partial charge in [0.25, 0.3) is 5.91 Å². The molecule has 1 saturated heterocycles. The van der Waals surface area contributed by atoms with Crippen molar-refractivity contribution < 1.29 is 19.1 Å². The fourth-order valence-electron chi connectivity index (χ4n) is 3.73. The maximum Gasteiger partial charge on any atom is 0.253 e. The number of aromatic amines is 1. The summed E-state index contributed by atoms with van der Waals surface area (Å²) in [5.41, 5.74) is 0.616. The van der Waals surface area contributed by atoms with Crippen LogP contribution < -0.4 is 5.32 Å². The molecule has 2 amide bonds. The monoisotopic (exact) mass is 363 g/mol. The van der Waals surface area contributed by atoms with Gasteiger partial charge in [0.05, 0.1) is 30.9 Å². The van der Waals surface area contributed by atoms with Gasteiger partial charge in [-0.2, -0.15) is 0 Å². The molecular weight excluding hydrogens is 334 g/mol. The van der Waals surface area contributed by atoms with Crippen molar-refractivity contribution in [1.29, 1.82) is 0 Å². The SMILES string of the molecule is CCCO[C@H]1C[C@@H](C(=O)N2CCOCC2)CC[C@@H]1NC(=O)c1cc[nH]c1. The minimum absolute atomic E-state index is 0.0321. The number of aromatic nitrogens is 1. The molecule has 26 heavy (non-hydrogen) atoms. The van der Waals surface area contributed by atoms with Crippen LogP contribution in [0.15, 0.2) is 18.5 Å². The number of H-pyrrole nitrogens is 1. The zero-order chi connectivity index (χ0) is 18.4. The van der Waals surface area contributed by atoms with Crippen LogP contribution in [0.3, 0.4) is 0 Å². The average molecular weight is 363 g/mol. The van der Waals surface area contributed by atoms with Gasteiger partial charge in [0.2, 0.25) is 5.91 Å². The van der Waals surface area contributed by atoms with Gasteiger partial charge in [0.15, 0.2) is 0 Å². The largest absolute Gasteiger partial charge is 0.378 e. The van der Waals surface area contributed by atoms with Crippen molar-refractivity contribution in [3.63, 3.8) is 0 Å². The molecule has 1 saturated carbocycles. The number of hydrogen-bond acceptors (Lipinski definition) is 4. The second-order valence-corrected chi connectivity index (χ2v) is 7.04. The van der Waals surface area contributed by atoms with Crippen molar-refractivity contribution in [1.82, 2.24) is 15.2 Å². The number of amides is 2. The fraction of sp³-hybridized carbons (Fsp3) is 0.684. The number of nitrogens with one attached hydrogen (secondary N) is 2. The summed E-state index contributed by atoms with van der Waals surface area (Å²) < 4.78 is 11.4. The van der Waals surface area contributed by atoms with E-state index in [1.807, 2.05) is 4.90 Å². The van der Waals surface area contributed by atoms with E-state index in [1.54, 1.807) is 18.5 Å². The summed E-state index contributed by atoms with van der Waals surface area (Å²) in [5.74, 6) is 0.0727. The smallest absolute Gasteiger partial charge is 0.253 e. The number of hydrogen-bond donors (Lipinski definition) is 2. The molecule has 2 aliphatic rings. The van der Waals surface area contributed by atoms with Gasteiger partial charge in [-0.15, -0.1) is 0 Å². The lowest BCUT2D eigenvalue weighted by molar-refractivity contribution is -0.143. The van der Waals surface area contributed by atoms with Gasteiger partial charge in [-0.25, -0.2) is 0 Å². The lowest BCUT2D eigenvalue weighted by atomic mass is 9.82. The van der Waals surface area contributed by atoms with Gasteiger partial charge >= 0.3 is 0 Å². The van der Waals surface area contributed by atoms with Crippen LogP contribution in [-0.2, 0) is 14.3 Å². The van der Waals surface area contributed by atoms with Crippen molar-refractivity contribution in [3.8, 4) is 0 Å². The minimum Gasteiger partial charge on any atom is -0.378 e. The number of rotatable bonds is 6. The molecule has 0 aromatic carbocycles. The lowest BCUT2D eigenvalue weighted by Gasteiger charge is -2.38. The molecule has 3 atom stereocenters. The quantitative estimate of drug-likeness (QED) is 0.804. The molecule has 1 aromatic heterocycles. The Morgan fingerprint density at radius 1 is 1.35 bits per heavy atom. The average Bonchev–Trinajstić information content (AvgIpc) is 3.22. The summed E-state index contributed by atoms with van der Waals surface area (Å²) in [6.07, 6.45) is 6.40. The van der Waals surface area contributed by atoms with Gasteiger partial charge < -0.3 is 24.7 Å². The van der Waals surface area contributed by atoms with Gasteiger partial charge in [0.1, 0.15) is 0 Å². The summed E-state index contributed by atoms with van der Waals surface area (Å²) in [6.45, 7) is 5.27. The summed E-state index contributed by atoms with van der Waals surface area (Å²) in [6, 6.07) is 1.70. The van der Waals surface area contributed by atoms with E-state index in [2.05, 4.69) is 17.2 Å². The maximum atomic E-state index is 12.8. The van der Waals surface area contributed by atoms with Crippen molar-refractivity contribution >= 4 is 11.8 Å². The normalized spacial score (nSPS) is 26.5.